The second kappa shape index (κ2) is 13.0. The summed E-state index contributed by atoms with van der Waals surface area (Å²) < 4.78 is 58.7. The van der Waals surface area contributed by atoms with Crippen molar-refractivity contribution in [2.75, 3.05) is 26.2 Å². The van der Waals surface area contributed by atoms with Gasteiger partial charge in [-0.15, -0.1) is 0 Å². The zero-order valence-electron chi connectivity index (χ0n) is 29.3. The lowest BCUT2D eigenvalue weighted by Crippen LogP contribution is -2.51. The number of nitrogens with zero attached hydrogens (tertiary/aromatic N) is 5. The van der Waals surface area contributed by atoms with Crippen molar-refractivity contribution in [3.05, 3.63) is 63.1 Å². The first kappa shape index (κ1) is 35.6. The molecule has 2 aromatic heterocycles. The van der Waals surface area contributed by atoms with E-state index in [0.717, 1.165) is 42.4 Å². The average molecular weight is 783 g/mol. The lowest BCUT2D eigenvalue weighted by atomic mass is 9.79. The largest absolute Gasteiger partial charge is 0.405 e. The summed E-state index contributed by atoms with van der Waals surface area (Å²) >= 11 is 13.1. The minimum absolute atomic E-state index is 0.000289. The Labute approximate surface area is 318 Å². The Morgan fingerprint density at radius 3 is 2.59 bits per heavy atom. The molecule has 15 heteroatoms. The summed E-state index contributed by atoms with van der Waals surface area (Å²) in [6.07, 6.45) is -1.04. The van der Waals surface area contributed by atoms with Crippen molar-refractivity contribution in [2.24, 2.45) is 17.8 Å². The van der Waals surface area contributed by atoms with Gasteiger partial charge < -0.3 is 25.0 Å². The van der Waals surface area contributed by atoms with Gasteiger partial charge in [0.25, 0.3) is 0 Å². The smallest absolute Gasteiger partial charge is 0.337 e. The van der Waals surface area contributed by atoms with Crippen LogP contribution in [-0.2, 0) is 11.2 Å². The van der Waals surface area contributed by atoms with E-state index in [0.29, 0.717) is 34.5 Å². The first-order chi connectivity index (χ1) is 25.8. The van der Waals surface area contributed by atoms with Gasteiger partial charge in [-0.3, -0.25) is 4.79 Å². The fourth-order valence-electron chi connectivity index (χ4n) is 9.76. The maximum Gasteiger partial charge on any atom is 0.405 e. The molecule has 4 aromatic rings. The number of likely N-dealkylation sites (tertiary alicyclic amines) is 2. The molecular formula is C39H37Cl2F4N7O2. The van der Waals surface area contributed by atoms with Crippen LogP contribution in [0.5, 0.6) is 0 Å². The van der Waals surface area contributed by atoms with Crippen LogP contribution in [0.2, 0.25) is 10.0 Å². The van der Waals surface area contributed by atoms with Crippen molar-refractivity contribution < 1.29 is 27.2 Å². The first-order valence-corrected chi connectivity index (χ1v) is 19.2. The van der Waals surface area contributed by atoms with Gasteiger partial charge in [-0.1, -0.05) is 35.3 Å². The average Bonchev–Trinajstić information content (AvgIpc) is 3.42. The van der Waals surface area contributed by atoms with Gasteiger partial charge in [-0.2, -0.15) is 18.4 Å². The third-order valence-corrected chi connectivity index (χ3v) is 13.1. The van der Waals surface area contributed by atoms with E-state index in [9.17, 15) is 28.0 Å². The highest BCUT2D eigenvalue weighted by Gasteiger charge is 2.55. The number of fused-ring (bicyclic) bond motifs is 6. The Kier molecular flexibility index (Phi) is 8.56. The number of alkyl halides is 3. The number of aromatic nitrogens is 2. The molecule has 2 N–H and O–H groups in total. The third kappa shape index (κ3) is 5.70. The molecule has 2 aliphatic carbocycles. The van der Waals surface area contributed by atoms with Crippen molar-refractivity contribution in [1.29, 1.82) is 5.26 Å². The molecule has 2 aromatic carbocycles. The van der Waals surface area contributed by atoms with Crippen LogP contribution in [0.25, 0.3) is 32.9 Å². The van der Waals surface area contributed by atoms with E-state index in [1.807, 2.05) is 23.2 Å². The summed E-state index contributed by atoms with van der Waals surface area (Å²) in [6.45, 7) is 1.54. The molecule has 0 radical (unpaired) electrons. The summed E-state index contributed by atoms with van der Waals surface area (Å²) in [5.74, 6) is -0.642. The molecule has 0 spiro atoms. The molecule has 3 amide bonds. The third-order valence-electron chi connectivity index (χ3n) is 12.2. The Bertz CT molecular complexity index is 2270. The number of carbonyl (C=O) groups excluding carboxylic acids is 2. The number of pyridine rings is 1. The number of hydrogen-bond acceptors (Lipinski definition) is 5. The van der Waals surface area contributed by atoms with Crippen molar-refractivity contribution in [3.8, 4) is 17.2 Å². The van der Waals surface area contributed by atoms with E-state index in [2.05, 4.69) is 22.0 Å². The Morgan fingerprint density at radius 1 is 1.11 bits per heavy atom. The highest BCUT2D eigenvalue weighted by Crippen LogP contribution is 2.54. The molecule has 6 fully saturated rings. The van der Waals surface area contributed by atoms with Crippen molar-refractivity contribution in [3.63, 3.8) is 0 Å². The number of piperidine rings is 1. The van der Waals surface area contributed by atoms with Gasteiger partial charge in [-0.25, -0.2) is 14.2 Å². The number of rotatable bonds is 7. The standard InChI is InChI=1S/C39H37Cl2F4N7O2/c1-18-25-13-29(35-22-10-23(51(35)37(53)19-7-8-19)16-50(15-22)38(54)48-17-39(43,44)45)52(34-21-12-28(34)47-14-21)36(25)26-11-20(4-3-9-46)30(32(42)33(26)49-18)24-5-2-6-27(40)31(24)41/h2,5-6,11,13,19,21-23,28,34-35,47H,3-4,7-8,10,12,14-17H2,1H3,(H,48,54). The fraction of sp³-hybridized carbons (Fsp3) is 0.487. The van der Waals surface area contributed by atoms with Crippen molar-refractivity contribution in [1.82, 2.24) is 30.0 Å². The molecule has 6 unspecified atom stereocenters. The number of aryl methyl sites for hydroxylation is 2. The molecule has 54 heavy (non-hydrogen) atoms. The van der Waals surface area contributed by atoms with E-state index < -0.39 is 30.6 Å². The molecular weight excluding hydrogens is 745 g/mol. The lowest BCUT2D eigenvalue weighted by Gasteiger charge is -2.40. The molecule has 6 atom stereocenters. The monoisotopic (exact) mass is 781 g/mol. The van der Waals surface area contributed by atoms with Crippen LogP contribution < -0.4 is 10.6 Å². The van der Waals surface area contributed by atoms with Crippen LogP contribution >= 0.6 is 23.2 Å². The number of nitrogens with one attached hydrogen (secondary N) is 2. The van der Waals surface area contributed by atoms with E-state index >= 15 is 4.39 Å². The normalized spacial score (nSPS) is 26.0. The summed E-state index contributed by atoms with van der Waals surface area (Å²) in [5.41, 5.74) is 3.64. The van der Waals surface area contributed by atoms with Gasteiger partial charge in [-0.05, 0) is 68.7 Å². The van der Waals surface area contributed by atoms with E-state index in [4.69, 9.17) is 28.2 Å². The van der Waals surface area contributed by atoms with Gasteiger partial charge in [0.1, 0.15) is 12.1 Å². The zero-order valence-corrected chi connectivity index (χ0v) is 30.8. The maximum absolute atomic E-state index is 17.2. The van der Waals surface area contributed by atoms with Crippen LogP contribution in [0.3, 0.4) is 0 Å². The minimum atomic E-state index is -4.55. The lowest BCUT2D eigenvalue weighted by molar-refractivity contribution is -0.135. The number of hydrogen-bond donors (Lipinski definition) is 2. The number of benzene rings is 2. The summed E-state index contributed by atoms with van der Waals surface area (Å²) in [6, 6.07) is 9.73. The van der Waals surface area contributed by atoms with Crippen LogP contribution in [-0.4, -0.2) is 75.7 Å². The van der Waals surface area contributed by atoms with Gasteiger partial charge in [0.15, 0.2) is 5.82 Å². The van der Waals surface area contributed by atoms with Gasteiger partial charge in [0.2, 0.25) is 5.91 Å². The number of urea groups is 1. The highest BCUT2D eigenvalue weighted by molar-refractivity contribution is 6.43. The molecule has 4 saturated heterocycles. The van der Waals surface area contributed by atoms with Crippen LogP contribution in [0.4, 0.5) is 22.4 Å². The summed E-state index contributed by atoms with van der Waals surface area (Å²) in [5, 5.41) is 17.1. The molecule has 10 rings (SSSR count). The van der Waals surface area contributed by atoms with Crippen LogP contribution in [0, 0.1) is 41.8 Å². The number of halogens is 6. The van der Waals surface area contributed by atoms with Crippen molar-refractivity contribution >= 4 is 56.9 Å². The topological polar surface area (TPSA) is 106 Å². The SMILES string of the molecule is Cc1nc2c(F)c(-c3cccc(Cl)c3Cl)c(CCC#N)cc2c2c1cc(C1C3CC(CN(C(=O)NCC(F)(F)F)C3)N1C(=O)C1CC1)n2C1C2CNC1C2. The number of nitriles is 1. The number of amides is 3. The zero-order chi connectivity index (χ0) is 37.8. The molecule has 282 valence electrons. The molecule has 6 heterocycles. The van der Waals surface area contributed by atoms with Crippen LogP contribution in [0.1, 0.15) is 61.1 Å². The number of carbonyl (C=O) groups is 2. The van der Waals surface area contributed by atoms with Crippen LogP contribution in [0.15, 0.2) is 30.3 Å². The van der Waals surface area contributed by atoms with E-state index in [-0.39, 0.29) is 82.9 Å². The Morgan fingerprint density at radius 2 is 1.91 bits per heavy atom. The first-order valence-electron chi connectivity index (χ1n) is 18.5. The predicted molar refractivity (Wildman–Crippen MR) is 195 cm³/mol. The van der Waals surface area contributed by atoms with E-state index in [1.54, 1.807) is 18.2 Å². The quantitative estimate of drug-likeness (QED) is 0.186. The molecule has 9 nitrogen and oxygen atoms in total. The molecule has 4 aliphatic heterocycles. The Balaban J connectivity index is 1.25. The van der Waals surface area contributed by atoms with Gasteiger partial charge >= 0.3 is 12.2 Å². The predicted octanol–water partition coefficient (Wildman–Crippen LogP) is 7.86. The second-order valence-electron chi connectivity index (χ2n) is 15.6. The Hall–Kier alpha value is -4.12. The summed E-state index contributed by atoms with van der Waals surface area (Å²) in [4.78, 5) is 35.5. The molecule has 2 saturated carbocycles. The highest BCUT2D eigenvalue weighted by atomic mass is 35.5. The van der Waals surface area contributed by atoms with Gasteiger partial charge in [0, 0.05) is 77.2 Å². The minimum Gasteiger partial charge on any atom is -0.337 e. The summed E-state index contributed by atoms with van der Waals surface area (Å²) in [7, 11) is 0. The molecule has 4 bridgehead atoms. The molecule has 6 aliphatic rings. The second-order valence-corrected chi connectivity index (χ2v) is 16.4. The van der Waals surface area contributed by atoms with E-state index in [1.165, 1.54) is 4.90 Å². The van der Waals surface area contributed by atoms with Gasteiger partial charge in [0.05, 0.1) is 39.8 Å². The maximum atomic E-state index is 17.2. The fourth-order valence-corrected chi connectivity index (χ4v) is 10.2. The van der Waals surface area contributed by atoms with Crippen molar-refractivity contribution in [2.45, 2.75) is 75.8 Å².